The number of carbonyl (C=O) groups excluding carboxylic acids is 1. The number of hydrogen-bond donors (Lipinski definition) is 3. The molecule has 7 nitrogen and oxygen atoms in total. The zero-order chi connectivity index (χ0) is 21.3. The zero-order valence-corrected chi connectivity index (χ0v) is 16.6. The van der Waals surface area contributed by atoms with Gasteiger partial charge >= 0.3 is 0 Å². The average molecular weight is 404 g/mol. The number of nitrogens with one attached hydrogen (secondary N) is 2. The number of amides is 1. The molecule has 8 heteroatoms. The highest BCUT2D eigenvalue weighted by molar-refractivity contribution is 6.06. The van der Waals surface area contributed by atoms with Gasteiger partial charge in [-0.15, -0.1) is 10.2 Å². The van der Waals surface area contributed by atoms with Gasteiger partial charge in [-0.3, -0.25) is 9.89 Å². The van der Waals surface area contributed by atoms with Crippen LogP contribution in [-0.4, -0.2) is 32.8 Å². The molecule has 0 atom stereocenters. The number of halogens is 1. The Morgan fingerprint density at radius 1 is 1.13 bits per heavy atom. The van der Waals surface area contributed by atoms with Gasteiger partial charge in [0, 0.05) is 22.9 Å². The molecule has 4 rings (SSSR count). The van der Waals surface area contributed by atoms with Gasteiger partial charge in [0.1, 0.15) is 11.6 Å². The Balaban J connectivity index is 1.53. The first-order chi connectivity index (χ1) is 14.3. The van der Waals surface area contributed by atoms with Gasteiger partial charge < -0.3 is 11.1 Å². The second-order valence-electron chi connectivity index (χ2n) is 7.77. The van der Waals surface area contributed by atoms with Gasteiger partial charge in [0.25, 0.3) is 5.91 Å². The zero-order valence-electron chi connectivity index (χ0n) is 16.6. The number of aromatic amines is 1. The summed E-state index contributed by atoms with van der Waals surface area (Å²) in [6.45, 7) is 4.74. The van der Waals surface area contributed by atoms with E-state index in [9.17, 15) is 9.18 Å². The van der Waals surface area contributed by atoms with E-state index in [2.05, 4.69) is 39.6 Å². The second-order valence-corrected chi connectivity index (χ2v) is 7.77. The number of carbonyl (C=O) groups is 1. The topological polar surface area (TPSA) is 110 Å². The van der Waals surface area contributed by atoms with Crippen LogP contribution in [0, 0.1) is 5.82 Å². The molecule has 0 saturated heterocycles. The first-order valence-electron chi connectivity index (χ1n) is 9.44. The summed E-state index contributed by atoms with van der Waals surface area (Å²) in [6.07, 6.45) is 1.63. The summed E-state index contributed by atoms with van der Waals surface area (Å²) in [5, 5.41) is 19.3. The van der Waals surface area contributed by atoms with Gasteiger partial charge in [0.2, 0.25) is 0 Å². The van der Waals surface area contributed by atoms with Crippen LogP contribution in [0.2, 0.25) is 0 Å². The van der Waals surface area contributed by atoms with Crippen LogP contribution in [0.5, 0.6) is 0 Å². The van der Waals surface area contributed by atoms with Crippen molar-refractivity contribution in [2.75, 3.05) is 11.9 Å². The van der Waals surface area contributed by atoms with Crippen LogP contribution in [0.15, 0.2) is 54.7 Å². The number of aromatic nitrogens is 4. The normalized spacial score (nSPS) is 11.6. The third-order valence-electron chi connectivity index (χ3n) is 5.11. The monoisotopic (exact) mass is 404 g/mol. The van der Waals surface area contributed by atoms with E-state index in [-0.39, 0.29) is 11.2 Å². The summed E-state index contributed by atoms with van der Waals surface area (Å²) in [6, 6.07) is 13.7. The van der Waals surface area contributed by atoms with E-state index in [1.54, 1.807) is 24.4 Å². The number of hydrogen-bond acceptors (Lipinski definition) is 5. The molecule has 30 heavy (non-hydrogen) atoms. The van der Waals surface area contributed by atoms with Crippen molar-refractivity contribution >= 4 is 22.6 Å². The molecule has 0 unspecified atom stereocenters. The highest BCUT2D eigenvalue weighted by Gasteiger charge is 2.20. The van der Waals surface area contributed by atoms with Crippen molar-refractivity contribution in [1.82, 2.24) is 20.4 Å². The summed E-state index contributed by atoms with van der Waals surface area (Å²) >= 11 is 0. The van der Waals surface area contributed by atoms with E-state index >= 15 is 0 Å². The third-order valence-corrected chi connectivity index (χ3v) is 5.11. The van der Waals surface area contributed by atoms with Crippen LogP contribution in [0.4, 0.5) is 10.2 Å². The maximum atomic E-state index is 13.2. The SMILES string of the molecule is CC(C)(CNc1ccc(-c2cc(C(N)=O)c3[nH]ncc3c2)nn1)c1ccc(F)cc1. The lowest BCUT2D eigenvalue weighted by molar-refractivity contribution is 0.100. The van der Waals surface area contributed by atoms with Gasteiger partial charge in [-0.2, -0.15) is 5.10 Å². The van der Waals surface area contributed by atoms with E-state index in [1.807, 2.05) is 18.2 Å². The van der Waals surface area contributed by atoms with Crippen molar-refractivity contribution in [3.8, 4) is 11.3 Å². The van der Waals surface area contributed by atoms with Gasteiger partial charge in [0.15, 0.2) is 0 Å². The summed E-state index contributed by atoms with van der Waals surface area (Å²) in [5.41, 5.74) is 8.58. The fourth-order valence-corrected chi connectivity index (χ4v) is 3.29. The molecule has 0 saturated carbocycles. The molecule has 4 N–H and O–H groups in total. The molecule has 4 aromatic rings. The third kappa shape index (κ3) is 3.84. The maximum absolute atomic E-state index is 13.2. The molecule has 0 fully saturated rings. The Kier molecular flexibility index (Phi) is 4.91. The summed E-state index contributed by atoms with van der Waals surface area (Å²) in [4.78, 5) is 11.8. The number of rotatable bonds is 6. The Morgan fingerprint density at radius 3 is 2.57 bits per heavy atom. The lowest BCUT2D eigenvalue weighted by atomic mass is 9.84. The van der Waals surface area contributed by atoms with Crippen molar-refractivity contribution in [3.63, 3.8) is 0 Å². The molecular weight excluding hydrogens is 383 g/mol. The van der Waals surface area contributed by atoms with Gasteiger partial charge in [-0.1, -0.05) is 26.0 Å². The van der Waals surface area contributed by atoms with Crippen molar-refractivity contribution in [3.05, 3.63) is 71.7 Å². The Labute approximate surface area is 172 Å². The number of primary amides is 1. The minimum atomic E-state index is -0.541. The quantitative estimate of drug-likeness (QED) is 0.454. The van der Waals surface area contributed by atoms with Gasteiger partial charge in [-0.05, 0) is 42.0 Å². The number of benzene rings is 2. The Hall–Kier alpha value is -3.81. The Bertz CT molecular complexity index is 1200. The van der Waals surface area contributed by atoms with Crippen LogP contribution in [-0.2, 0) is 5.41 Å². The molecule has 0 radical (unpaired) electrons. The molecule has 152 valence electrons. The molecule has 2 heterocycles. The predicted octanol–water partition coefficient (Wildman–Crippen LogP) is 3.65. The van der Waals surface area contributed by atoms with Crippen LogP contribution in [0.1, 0.15) is 29.8 Å². The number of fused-ring (bicyclic) bond motifs is 1. The largest absolute Gasteiger partial charge is 0.368 e. The smallest absolute Gasteiger partial charge is 0.250 e. The molecule has 0 bridgehead atoms. The average Bonchev–Trinajstić information content (AvgIpc) is 3.21. The van der Waals surface area contributed by atoms with Crippen LogP contribution < -0.4 is 11.1 Å². The van der Waals surface area contributed by atoms with Crippen LogP contribution >= 0.6 is 0 Å². The Morgan fingerprint density at radius 2 is 1.90 bits per heavy atom. The molecule has 0 aliphatic carbocycles. The molecule has 0 aliphatic rings. The number of anilines is 1. The minimum absolute atomic E-state index is 0.225. The standard InChI is InChI=1S/C22H21FN6O/c1-22(2,15-3-5-16(23)6-4-15)12-25-19-8-7-18(27-28-19)13-9-14-11-26-29-20(14)17(10-13)21(24)30/h3-11H,12H2,1-2H3,(H2,24,30)(H,25,28)(H,26,29). The van der Waals surface area contributed by atoms with Crippen LogP contribution in [0.25, 0.3) is 22.2 Å². The van der Waals surface area contributed by atoms with Crippen LogP contribution in [0.3, 0.4) is 0 Å². The fourth-order valence-electron chi connectivity index (χ4n) is 3.29. The first kappa shape index (κ1) is 19.5. The lowest BCUT2D eigenvalue weighted by Gasteiger charge is -2.25. The van der Waals surface area contributed by atoms with E-state index < -0.39 is 5.91 Å². The van der Waals surface area contributed by atoms with Crippen molar-refractivity contribution < 1.29 is 9.18 Å². The molecule has 1 amide bonds. The van der Waals surface area contributed by atoms with Gasteiger partial charge in [0.05, 0.1) is 23.0 Å². The lowest BCUT2D eigenvalue weighted by Crippen LogP contribution is -2.28. The van der Waals surface area contributed by atoms with Crippen molar-refractivity contribution in [2.45, 2.75) is 19.3 Å². The summed E-state index contributed by atoms with van der Waals surface area (Å²) in [5.74, 6) is -0.175. The molecule has 2 aromatic carbocycles. The highest BCUT2D eigenvalue weighted by atomic mass is 19.1. The number of nitrogens with zero attached hydrogens (tertiary/aromatic N) is 3. The predicted molar refractivity (Wildman–Crippen MR) is 114 cm³/mol. The number of H-pyrrole nitrogens is 1. The fraction of sp³-hybridized carbons (Fsp3) is 0.182. The van der Waals surface area contributed by atoms with E-state index in [4.69, 9.17) is 5.73 Å². The van der Waals surface area contributed by atoms with E-state index in [0.29, 0.717) is 29.1 Å². The van der Waals surface area contributed by atoms with Crippen molar-refractivity contribution in [1.29, 1.82) is 0 Å². The first-order valence-corrected chi connectivity index (χ1v) is 9.44. The second kappa shape index (κ2) is 7.55. The summed E-state index contributed by atoms with van der Waals surface area (Å²) < 4.78 is 13.2. The molecule has 0 aliphatic heterocycles. The van der Waals surface area contributed by atoms with Crippen molar-refractivity contribution in [2.24, 2.45) is 5.73 Å². The van der Waals surface area contributed by atoms with E-state index in [0.717, 1.165) is 16.5 Å². The molecule has 2 aromatic heterocycles. The number of nitrogens with two attached hydrogens (primary N) is 1. The minimum Gasteiger partial charge on any atom is -0.368 e. The van der Waals surface area contributed by atoms with Gasteiger partial charge in [-0.25, -0.2) is 4.39 Å². The summed E-state index contributed by atoms with van der Waals surface area (Å²) in [7, 11) is 0. The molecule has 0 spiro atoms. The van der Waals surface area contributed by atoms with E-state index in [1.165, 1.54) is 12.1 Å². The molecular formula is C22H21FN6O. The maximum Gasteiger partial charge on any atom is 0.250 e. The highest BCUT2D eigenvalue weighted by Crippen LogP contribution is 2.26.